The Labute approximate surface area is 208 Å². The van der Waals surface area contributed by atoms with Crippen LogP contribution in [0.5, 0.6) is 0 Å². The highest BCUT2D eigenvalue weighted by atomic mass is 32.2. The van der Waals surface area contributed by atoms with Gasteiger partial charge in [0, 0.05) is 11.3 Å². The lowest BCUT2D eigenvalue weighted by Gasteiger charge is -2.22. The SMILES string of the molecule is O=C(NC(Cc1ccccc1)C(O)C(=O)O)c1cccc(NS(=O)(=O)c2ccc3ccccc3c2)c1. The van der Waals surface area contributed by atoms with Crippen LogP contribution in [0.2, 0.25) is 0 Å². The van der Waals surface area contributed by atoms with Crippen molar-refractivity contribution in [3.05, 3.63) is 108 Å². The molecule has 0 fully saturated rings. The third-order valence-electron chi connectivity index (χ3n) is 5.66. The molecule has 36 heavy (non-hydrogen) atoms. The van der Waals surface area contributed by atoms with E-state index in [1.807, 2.05) is 24.3 Å². The second-order valence-corrected chi connectivity index (χ2v) is 9.93. The lowest BCUT2D eigenvalue weighted by Crippen LogP contribution is -2.48. The molecule has 0 saturated heterocycles. The number of carbonyl (C=O) groups excluding carboxylic acids is 1. The molecule has 0 aliphatic heterocycles. The van der Waals surface area contributed by atoms with Gasteiger partial charge in [-0.3, -0.25) is 9.52 Å². The van der Waals surface area contributed by atoms with Crippen LogP contribution in [0, 0.1) is 0 Å². The summed E-state index contributed by atoms with van der Waals surface area (Å²) in [6, 6.07) is 25.8. The van der Waals surface area contributed by atoms with Crippen molar-refractivity contribution in [2.75, 3.05) is 4.72 Å². The van der Waals surface area contributed by atoms with Crippen LogP contribution < -0.4 is 10.0 Å². The van der Waals surface area contributed by atoms with Gasteiger partial charge in [-0.2, -0.15) is 0 Å². The van der Waals surface area contributed by atoms with E-state index in [-0.39, 0.29) is 22.6 Å². The monoisotopic (exact) mass is 504 g/mol. The highest BCUT2D eigenvalue weighted by Crippen LogP contribution is 2.22. The molecule has 0 radical (unpaired) electrons. The molecule has 1 amide bonds. The van der Waals surface area contributed by atoms with Crippen molar-refractivity contribution in [1.82, 2.24) is 5.32 Å². The third kappa shape index (κ3) is 5.88. The fourth-order valence-corrected chi connectivity index (χ4v) is 4.89. The van der Waals surface area contributed by atoms with Crippen molar-refractivity contribution >= 4 is 38.4 Å². The summed E-state index contributed by atoms with van der Waals surface area (Å²) in [7, 11) is -3.94. The second kappa shape index (κ2) is 10.6. The van der Waals surface area contributed by atoms with Gasteiger partial charge in [-0.05, 0) is 53.1 Å². The topological polar surface area (TPSA) is 133 Å². The third-order valence-corrected chi connectivity index (χ3v) is 7.04. The standard InChI is InChI=1S/C27H24N2O6S/c30-25(27(32)33)24(15-18-7-2-1-3-8-18)28-26(31)21-11-6-12-22(16-21)29-36(34,35)23-14-13-19-9-4-5-10-20(19)17-23/h1-14,16-17,24-25,29-30H,15H2,(H,28,31)(H,32,33). The highest BCUT2D eigenvalue weighted by molar-refractivity contribution is 7.92. The molecule has 184 valence electrons. The summed E-state index contributed by atoms with van der Waals surface area (Å²) in [6.07, 6.45) is -1.74. The number of aliphatic hydroxyl groups is 1. The van der Waals surface area contributed by atoms with Gasteiger partial charge in [-0.15, -0.1) is 0 Å². The second-order valence-electron chi connectivity index (χ2n) is 8.25. The smallest absolute Gasteiger partial charge is 0.334 e. The minimum absolute atomic E-state index is 0.0727. The summed E-state index contributed by atoms with van der Waals surface area (Å²) in [5.41, 5.74) is 0.999. The number of rotatable bonds is 9. The van der Waals surface area contributed by atoms with Crippen molar-refractivity contribution < 1.29 is 28.2 Å². The molecule has 0 aliphatic rings. The van der Waals surface area contributed by atoms with Crippen molar-refractivity contribution in [3.63, 3.8) is 0 Å². The minimum Gasteiger partial charge on any atom is -0.479 e. The summed E-state index contributed by atoms with van der Waals surface area (Å²) >= 11 is 0. The van der Waals surface area contributed by atoms with Crippen LogP contribution >= 0.6 is 0 Å². The number of hydrogen-bond donors (Lipinski definition) is 4. The van der Waals surface area contributed by atoms with Crippen molar-refractivity contribution in [2.45, 2.75) is 23.5 Å². The number of aliphatic carboxylic acids is 1. The summed E-state index contributed by atoms with van der Waals surface area (Å²) in [5, 5.41) is 23.7. The first kappa shape index (κ1) is 24.9. The molecule has 2 atom stereocenters. The number of anilines is 1. The summed E-state index contributed by atoms with van der Waals surface area (Å²) in [5.74, 6) is -2.11. The van der Waals surface area contributed by atoms with E-state index in [1.165, 1.54) is 30.3 Å². The van der Waals surface area contributed by atoms with Crippen LogP contribution in [0.25, 0.3) is 10.8 Å². The van der Waals surface area contributed by atoms with E-state index in [4.69, 9.17) is 0 Å². The quantitative estimate of drug-likeness (QED) is 0.276. The Bertz CT molecular complexity index is 1510. The average Bonchev–Trinajstić information content (AvgIpc) is 2.88. The molecule has 0 aliphatic carbocycles. The van der Waals surface area contributed by atoms with Gasteiger partial charge in [0.2, 0.25) is 0 Å². The van der Waals surface area contributed by atoms with Gasteiger partial charge in [-0.25, -0.2) is 13.2 Å². The van der Waals surface area contributed by atoms with Crippen LogP contribution in [0.15, 0.2) is 102 Å². The van der Waals surface area contributed by atoms with Gasteiger partial charge in [0.05, 0.1) is 10.9 Å². The van der Waals surface area contributed by atoms with Crippen LogP contribution in [-0.2, 0) is 21.2 Å². The number of benzene rings is 4. The van der Waals surface area contributed by atoms with Crippen molar-refractivity contribution in [2.24, 2.45) is 0 Å². The van der Waals surface area contributed by atoms with E-state index in [1.54, 1.807) is 42.5 Å². The van der Waals surface area contributed by atoms with E-state index < -0.39 is 34.0 Å². The van der Waals surface area contributed by atoms with Gasteiger partial charge in [-0.1, -0.05) is 66.7 Å². The molecule has 0 spiro atoms. The maximum atomic E-state index is 13.0. The molecule has 4 rings (SSSR count). The molecular weight excluding hydrogens is 480 g/mol. The first-order valence-corrected chi connectivity index (χ1v) is 12.6. The maximum Gasteiger partial charge on any atom is 0.334 e. The zero-order valence-corrected chi connectivity index (χ0v) is 19.9. The molecule has 0 heterocycles. The first-order chi connectivity index (χ1) is 17.2. The predicted octanol–water partition coefficient (Wildman–Crippen LogP) is 3.43. The molecule has 9 heteroatoms. The van der Waals surface area contributed by atoms with E-state index in [0.717, 1.165) is 16.3 Å². The maximum absolute atomic E-state index is 13.0. The van der Waals surface area contributed by atoms with E-state index in [2.05, 4.69) is 10.0 Å². The van der Waals surface area contributed by atoms with Gasteiger partial charge >= 0.3 is 5.97 Å². The van der Waals surface area contributed by atoms with Crippen LogP contribution in [0.3, 0.4) is 0 Å². The van der Waals surface area contributed by atoms with E-state index in [0.29, 0.717) is 0 Å². The Balaban J connectivity index is 1.53. The Morgan fingerprint density at radius 2 is 1.50 bits per heavy atom. The number of amides is 1. The van der Waals surface area contributed by atoms with Gasteiger partial charge in [0.15, 0.2) is 6.10 Å². The number of carboxylic acid groups (broad SMARTS) is 1. The van der Waals surface area contributed by atoms with Gasteiger partial charge in [0.1, 0.15) is 0 Å². The van der Waals surface area contributed by atoms with Gasteiger partial charge < -0.3 is 15.5 Å². The molecule has 2 unspecified atom stereocenters. The number of fused-ring (bicyclic) bond motifs is 1. The molecule has 4 aromatic carbocycles. The summed E-state index contributed by atoms with van der Waals surface area (Å²) in [4.78, 5) is 24.4. The molecular formula is C27H24N2O6S. The zero-order chi connectivity index (χ0) is 25.7. The zero-order valence-electron chi connectivity index (χ0n) is 19.0. The molecule has 4 aromatic rings. The largest absolute Gasteiger partial charge is 0.479 e. The molecule has 8 nitrogen and oxygen atoms in total. The normalized spacial score (nSPS) is 13.0. The number of carboxylic acids is 1. The lowest BCUT2D eigenvalue weighted by molar-refractivity contribution is -0.148. The van der Waals surface area contributed by atoms with Gasteiger partial charge in [0.25, 0.3) is 15.9 Å². The predicted molar refractivity (Wildman–Crippen MR) is 136 cm³/mol. The van der Waals surface area contributed by atoms with Crippen molar-refractivity contribution in [3.8, 4) is 0 Å². The first-order valence-electron chi connectivity index (χ1n) is 11.1. The Kier molecular flexibility index (Phi) is 7.33. The molecule has 4 N–H and O–H groups in total. The molecule has 0 aromatic heterocycles. The number of aliphatic hydroxyl groups excluding tert-OH is 1. The van der Waals surface area contributed by atoms with E-state index in [9.17, 15) is 28.2 Å². The fourth-order valence-electron chi connectivity index (χ4n) is 3.81. The number of carbonyl (C=O) groups is 2. The van der Waals surface area contributed by atoms with Crippen molar-refractivity contribution in [1.29, 1.82) is 0 Å². The molecule has 0 saturated carbocycles. The lowest BCUT2D eigenvalue weighted by atomic mass is 10.0. The highest BCUT2D eigenvalue weighted by Gasteiger charge is 2.28. The summed E-state index contributed by atoms with van der Waals surface area (Å²) < 4.78 is 28.4. The number of sulfonamides is 1. The minimum atomic E-state index is -3.94. The summed E-state index contributed by atoms with van der Waals surface area (Å²) in [6.45, 7) is 0. The van der Waals surface area contributed by atoms with E-state index >= 15 is 0 Å². The Morgan fingerprint density at radius 3 is 2.22 bits per heavy atom. The molecule has 0 bridgehead atoms. The van der Waals surface area contributed by atoms with Crippen LogP contribution in [0.4, 0.5) is 5.69 Å². The number of nitrogens with one attached hydrogen (secondary N) is 2. The fraction of sp³-hybridized carbons (Fsp3) is 0.111. The van der Waals surface area contributed by atoms with Crippen LogP contribution in [-0.4, -0.2) is 42.7 Å². The average molecular weight is 505 g/mol. The Hall–Kier alpha value is -4.21. The Morgan fingerprint density at radius 1 is 0.806 bits per heavy atom. The van der Waals surface area contributed by atoms with Crippen LogP contribution in [0.1, 0.15) is 15.9 Å². The number of hydrogen-bond acceptors (Lipinski definition) is 5.